The normalized spacial score (nSPS) is 20.5. The van der Waals surface area contributed by atoms with E-state index in [-0.39, 0.29) is 5.92 Å². The molecule has 0 unspecified atom stereocenters. The quantitative estimate of drug-likeness (QED) is 0.509. The summed E-state index contributed by atoms with van der Waals surface area (Å²) in [5, 5.41) is 13.3. The van der Waals surface area contributed by atoms with Gasteiger partial charge in [0, 0.05) is 12.5 Å². The molecular formula is C26H27Cl2NO2. The lowest BCUT2D eigenvalue weighted by Crippen LogP contribution is -2.45. The summed E-state index contributed by atoms with van der Waals surface area (Å²) >= 11 is 12.3. The fraction of sp³-hybridized carbons (Fsp3) is 0.308. The molecule has 1 aliphatic rings. The van der Waals surface area contributed by atoms with E-state index in [0.717, 1.165) is 53.0 Å². The molecule has 0 spiro atoms. The first-order valence-electron chi connectivity index (χ1n) is 10.4. The third kappa shape index (κ3) is 4.20. The van der Waals surface area contributed by atoms with Gasteiger partial charge in [-0.1, -0.05) is 59.6 Å². The molecule has 0 bridgehead atoms. The Hall–Kier alpha value is -2.04. The molecule has 1 aliphatic carbocycles. The van der Waals surface area contributed by atoms with Crippen LogP contribution in [-0.4, -0.2) is 37.8 Å². The Bertz CT molecular complexity index is 1100. The highest BCUT2D eigenvalue weighted by molar-refractivity contribution is 6.42. The van der Waals surface area contributed by atoms with E-state index >= 15 is 0 Å². The van der Waals surface area contributed by atoms with Crippen molar-refractivity contribution in [3.63, 3.8) is 0 Å². The van der Waals surface area contributed by atoms with Gasteiger partial charge < -0.3 is 14.7 Å². The zero-order valence-corrected chi connectivity index (χ0v) is 19.5. The maximum Gasteiger partial charge on any atom is 0.119 e. The van der Waals surface area contributed by atoms with Crippen molar-refractivity contribution in [2.75, 3.05) is 27.7 Å². The van der Waals surface area contributed by atoms with Crippen molar-refractivity contribution in [1.82, 2.24) is 4.90 Å². The fourth-order valence-electron chi connectivity index (χ4n) is 4.70. The lowest BCUT2D eigenvalue weighted by atomic mass is 9.67. The van der Waals surface area contributed by atoms with Crippen LogP contribution in [0.3, 0.4) is 0 Å². The average molecular weight is 456 g/mol. The average Bonchev–Trinajstić information content (AvgIpc) is 2.77. The molecule has 3 aromatic rings. The fourth-order valence-corrected chi connectivity index (χ4v) is 5.00. The van der Waals surface area contributed by atoms with Crippen molar-refractivity contribution in [3.05, 3.63) is 87.4 Å². The van der Waals surface area contributed by atoms with Gasteiger partial charge in [0.05, 0.1) is 17.2 Å². The number of methoxy groups -OCH3 is 1. The molecule has 31 heavy (non-hydrogen) atoms. The molecule has 3 aromatic carbocycles. The van der Waals surface area contributed by atoms with Crippen molar-refractivity contribution < 1.29 is 9.84 Å². The second-order valence-corrected chi connectivity index (χ2v) is 9.31. The monoisotopic (exact) mass is 455 g/mol. The Labute approximate surface area is 194 Å². The number of benzene rings is 3. The Morgan fingerprint density at radius 1 is 1.00 bits per heavy atom. The highest BCUT2D eigenvalue weighted by Crippen LogP contribution is 2.46. The minimum absolute atomic E-state index is 0.0675. The van der Waals surface area contributed by atoms with Gasteiger partial charge in [0.1, 0.15) is 11.4 Å². The molecular weight excluding hydrogens is 429 g/mol. The first-order valence-corrected chi connectivity index (χ1v) is 11.2. The van der Waals surface area contributed by atoms with E-state index in [9.17, 15) is 5.11 Å². The van der Waals surface area contributed by atoms with E-state index in [1.165, 1.54) is 0 Å². The van der Waals surface area contributed by atoms with Crippen molar-refractivity contribution >= 4 is 23.2 Å². The van der Waals surface area contributed by atoms with E-state index < -0.39 is 5.60 Å². The summed E-state index contributed by atoms with van der Waals surface area (Å²) in [5.41, 5.74) is 3.96. The Morgan fingerprint density at radius 3 is 2.45 bits per heavy atom. The van der Waals surface area contributed by atoms with Crippen LogP contribution in [0.1, 0.15) is 23.1 Å². The molecule has 0 aliphatic heterocycles. The maximum absolute atomic E-state index is 12.2. The summed E-state index contributed by atoms with van der Waals surface area (Å²) in [6.07, 6.45) is 1.80. The van der Waals surface area contributed by atoms with Crippen LogP contribution in [0, 0.1) is 5.92 Å². The standard InChI is InChI=1S/C26H27Cl2NO2/c1-29(2)16-21-10-7-19-13-17(18-9-12-24(27)25(28)14-18)8-11-23(19)26(21,30)20-5-4-6-22(15-20)31-3/h4-6,8-9,11-15,21,30H,7,10,16H2,1-3H3/t21-,26+/m1/s1. The molecule has 1 N–H and O–H groups in total. The van der Waals surface area contributed by atoms with Crippen LogP contribution in [-0.2, 0) is 12.0 Å². The third-order valence-corrected chi connectivity index (χ3v) is 6.96. The highest BCUT2D eigenvalue weighted by atomic mass is 35.5. The van der Waals surface area contributed by atoms with E-state index in [1.807, 2.05) is 42.5 Å². The molecule has 162 valence electrons. The van der Waals surface area contributed by atoms with Gasteiger partial charge in [0.25, 0.3) is 0 Å². The van der Waals surface area contributed by atoms with Gasteiger partial charge in [0.15, 0.2) is 0 Å². The summed E-state index contributed by atoms with van der Waals surface area (Å²) in [7, 11) is 5.75. The number of hydrogen-bond acceptors (Lipinski definition) is 3. The van der Waals surface area contributed by atoms with Gasteiger partial charge in [-0.3, -0.25) is 0 Å². The molecule has 5 heteroatoms. The number of hydrogen-bond donors (Lipinski definition) is 1. The lowest BCUT2D eigenvalue weighted by molar-refractivity contribution is -0.00649. The molecule has 0 saturated heterocycles. The summed E-state index contributed by atoms with van der Waals surface area (Å²) < 4.78 is 5.45. The lowest BCUT2D eigenvalue weighted by Gasteiger charge is -2.43. The number of rotatable bonds is 5. The Morgan fingerprint density at radius 2 is 1.74 bits per heavy atom. The Balaban J connectivity index is 1.83. The minimum atomic E-state index is -1.09. The first kappa shape index (κ1) is 22.2. The summed E-state index contributed by atoms with van der Waals surface area (Å²) in [5.74, 6) is 0.812. The number of halogens is 2. The molecule has 0 heterocycles. The molecule has 3 nitrogen and oxygen atoms in total. The molecule has 4 rings (SSSR count). The molecule has 0 amide bonds. The van der Waals surface area contributed by atoms with Crippen LogP contribution < -0.4 is 4.74 Å². The molecule has 0 aromatic heterocycles. The van der Waals surface area contributed by atoms with E-state index in [2.05, 4.69) is 37.2 Å². The minimum Gasteiger partial charge on any atom is -0.497 e. The van der Waals surface area contributed by atoms with E-state index in [4.69, 9.17) is 27.9 Å². The summed E-state index contributed by atoms with van der Waals surface area (Å²) in [6.45, 7) is 0.793. The molecule has 0 radical (unpaired) electrons. The number of aryl methyl sites for hydroxylation is 1. The smallest absolute Gasteiger partial charge is 0.119 e. The number of nitrogens with zero attached hydrogens (tertiary/aromatic N) is 1. The van der Waals surface area contributed by atoms with Gasteiger partial charge in [-0.05, 0) is 79.0 Å². The zero-order chi connectivity index (χ0) is 22.2. The van der Waals surface area contributed by atoms with Crippen molar-refractivity contribution in [3.8, 4) is 16.9 Å². The molecule has 0 fully saturated rings. The van der Waals surface area contributed by atoms with Gasteiger partial charge in [0.2, 0.25) is 0 Å². The van der Waals surface area contributed by atoms with Crippen LogP contribution in [0.4, 0.5) is 0 Å². The van der Waals surface area contributed by atoms with Gasteiger partial charge in [-0.15, -0.1) is 0 Å². The summed E-state index contributed by atoms with van der Waals surface area (Å²) in [6, 6.07) is 19.8. The SMILES string of the molecule is COc1cccc([C@@]2(O)c3ccc(-c4ccc(Cl)c(Cl)c4)cc3CC[C@@H]2CN(C)C)c1. The zero-order valence-electron chi connectivity index (χ0n) is 18.0. The van der Waals surface area contributed by atoms with Gasteiger partial charge in [-0.25, -0.2) is 0 Å². The Kier molecular flexibility index (Phi) is 6.32. The number of aliphatic hydroxyl groups is 1. The second-order valence-electron chi connectivity index (χ2n) is 8.50. The predicted octanol–water partition coefficient (Wildman–Crippen LogP) is 6.03. The van der Waals surface area contributed by atoms with Crippen molar-refractivity contribution in [2.45, 2.75) is 18.4 Å². The van der Waals surface area contributed by atoms with Crippen molar-refractivity contribution in [2.24, 2.45) is 5.92 Å². The van der Waals surface area contributed by atoms with Crippen LogP contribution in [0.2, 0.25) is 10.0 Å². The first-order chi connectivity index (χ1) is 14.8. The molecule has 0 saturated carbocycles. The van der Waals surface area contributed by atoms with Gasteiger partial charge in [-0.2, -0.15) is 0 Å². The molecule has 2 atom stereocenters. The number of fused-ring (bicyclic) bond motifs is 1. The van der Waals surface area contributed by atoms with Crippen LogP contribution in [0.5, 0.6) is 5.75 Å². The topological polar surface area (TPSA) is 32.7 Å². The third-order valence-electron chi connectivity index (χ3n) is 6.22. The second kappa shape index (κ2) is 8.84. The predicted molar refractivity (Wildman–Crippen MR) is 128 cm³/mol. The highest BCUT2D eigenvalue weighted by Gasteiger charge is 2.44. The van der Waals surface area contributed by atoms with Crippen LogP contribution >= 0.6 is 23.2 Å². The largest absolute Gasteiger partial charge is 0.497 e. The van der Waals surface area contributed by atoms with Crippen molar-refractivity contribution in [1.29, 1.82) is 0 Å². The number of ether oxygens (including phenoxy) is 1. The van der Waals surface area contributed by atoms with Crippen LogP contribution in [0.25, 0.3) is 11.1 Å². The summed E-state index contributed by atoms with van der Waals surface area (Å²) in [4.78, 5) is 2.14. The van der Waals surface area contributed by atoms with Gasteiger partial charge >= 0.3 is 0 Å². The van der Waals surface area contributed by atoms with E-state index in [0.29, 0.717) is 10.0 Å². The van der Waals surface area contributed by atoms with E-state index in [1.54, 1.807) is 7.11 Å². The maximum atomic E-state index is 12.2. The van der Waals surface area contributed by atoms with Crippen LogP contribution in [0.15, 0.2) is 60.7 Å².